The second-order valence-corrected chi connectivity index (χ2v) is 8.68. The van der Waals surface area contributed by atoms with Crippen molar-refractivity contribution >= 4 is 33.1 Å². The molecule has 0 spiro atoms. The Bertz CT molecular complexity index is 1150. The van der Waals surface area contributed by atoms with Crippen LogP contribution in [0.4, 0.5) is 0 Å². The number of fused-ring (bicyclic) bond motifs is 2. The maximum atomic E-state index is 6.75. The topological polar surface area (TPSA) is 6.48 Å². The summed E-state index contributed by atoms with van der Waals surface area (Å²) in [4.78, 5) is 4.72. The lowest BCUT2D eigenvalue weighted by atomic mass is 10.0. The van der Waals surface area contributed by atoms with Crippen molar-refractivity contribution in [3.05, 3.63) is 107 Å². The largest absolute Gasteiger partial charge is 0.355 e. The van der Waals surface area contributed by atoms with Crippen LogP contribution < -0.4 is 0 Å². The van der Waals surface area contributed by atoms with Crippen LogP contribution in [0.25, 0.3) is 21.5 Å². The van der Waals surface area contributed by atoms with Crippen LogP contribution in [0.3, 0.4) is 0 Å². The normalized spacial score (nSPS) is 14.3. The fourth-order valence-corrected chi connectivity index (χ4v) is 4.93. The molecule has 0 atom stereocenters. The molecule has 0 amide bonds. The molecule has 5 rings (SSSR count). The Balaban J connectivity index is 1.26. The molecular weight excluding hydrogens is 400 g/mol. The zero-order valence-corrected chi connectivity index (χ0v) is 18.6. The molecule has 0 fully saturated rings. The van der Waals surface area contributed by atoms with E-state index < -0.39 is 0 Å². The lowest BCUT2D eigenvalue weighted by Gasteiger charge is -2.23. The number of hydrogen-bond donors (Lipinski definition) is 0. The molecule has 0 N–H and O–H groups in total. The number of allylic oxidation sites excluding steroid dienone is 1. The van der Waals surface area contributed by atoms with E-state index in [0.717, 1.165) is 37.8 Å². The Morgan fingerprint density at radius 1 is 0.645 bits per heavy atom. The van der Waals surface area contributed by atoms with Gasteiger partial charge in [-0.05, 0) is 52.4 Å². The molecule has 0 saturated carbocycles. The third-order valence-corrected chi connectivity index (χ3v) is 6.97. The SMILES string of the molecule is CC1=C(Cl)N(CCc2cccc3ccccc23)CN1CCc1cccc2ccccc12. The molecule has 4 aromatic carbocycles. The van der Waals surface area contributed by atoms with Crippen molar-refractivity contribution in [1.29, 1.82) is 0 Å². The van der Waals surface area contributed by atoms with Gasteiger partial charge in [-0.2, -0.15) is 0 Å². The van der Waals surface area contributed by atoms with E-state index in [0.29, 0.717) is 0 Å². The van der Waals surface area contributed by atoms with Crippen molar-refractivity contribution in [2.45, 2.75) is 19.8 Å². The molecule has 4 aromatic rings. The maximum Gasteiger partial charge on any atom is 0.125 e. The van der Waals surface area contributed by atoms with Gasteiger partial charge in [-0.25, -0.2) is 0 Å². The van der Waals surface area contributed by atoms with Crippen molar-refractivity contribution in [3.63, 3.8) is 0 Å². The number of halogens is 1. The van der Waals surface area contributed by atoms with Gasteiger partial charge in [0.2, 0.25) is 0 Å². The Kier molecular flexibility index (Phi) is 5.57. The van der Waals surface area contributed by atoms with Crippen LogP contribution in [0.5, 0.6) is 0 Å². The van der Waals surface area contributed by atoms with Crippen LogP contribution in [-0.2, 0) is 12.8 Å². The second kappa shape index (κ2) is 8.64. The van der Waals surface area contributed by atoms with Gasteiger partial charge in [0.05, 0.1) is 6.67 Å². The van der Waals surface area contributed by atoms with Crippen molar-refractivity contribution in [3.8, 4) is 0 Å². The number of nitrogens with zero attached hydrogens (tertiary/aromatic N) is 2. The molecule has 0 unspecified atom stereocenters. The van der Waals surface area contributed by atoms with E-state index in [1.54, 1.807) is 0 Å². The monoisotopic (exact) mass is 426 g/mol. The summed E-state index contributed by atoms with van der Waals surface area (Å²) < 4.78 is 0. The molecule has 31 heavy (non-hydrogen) atoms. The van der Waals surface area contributed by atoms with Gasteiger partial charge in [-0.3, -0.25) is 0 Å². The third-order valence-electron chi connectivity index (χ3n) is 6.45. The summed E-state index contributed by atoms with van der Waals surface area (Å²) in [5, 5.41) is 6.19. The first-order valence-electron chi connectivity index (χ1n) is 11.0. The maximum absolute atomic E-state index is 6.75. The highest BCUT2D eigenvalue weighted by molar-refractivity contribution is 6.29. The van der Waals surface area contributed by atoms with Crippen LogP contribution in [0.2, 0.25) is 0 Å². The predicted molar refractivity (Wildman–Crippen MR) is 132 cm³/mol. The zero-order valence-electron chi connectivity index (χ0n) is 17.9. The first kappa shape index (κ1) is 20.0. The Hall–Kier alpha value is -2.97. The molecule has 0 aliphatic carbocycles. The summed E-state index contributed by atoms with van der Waals surface area (Å²) in [6, 6.07) is 30.4. The summed E-state index contributed by atoms with van der Waals surface area (Å²) in [5.41, 5.74) is 3.96. The molecule has 0 bridgehead atoms. The minimum absolute atomic E-state index is 0.861. The van der Waals surface area contributed by atoms with E-state index in [1.165, 1.54) is 38.4 Å². The molecule has 0 aromatic heterocycles. The van der Waals surface area contributed by atoms with Gasteiger partial charge >= 0.3 is 0 Å². The predicted octanol–water partition coefficient (Wildman–Crippen LogP) is 6.78. The van der Waals surface area contributed by atoms with E-state index in [-0.39, 0.29) is 0 Å². The standard InChI is InChI=1S/C28H27ClN2/c1-21-28(29)31(19-17-25-13-7-11-23-9-3-5-15-27(23)25)20-30(21)18-16-24-12-6-10-22-8-2-4-14-26(22)24/h2-15H,16-20H2,1H3. The smallest absolute Gasteiger partial charge is 0.125 e. The first-order chi connectivity index (χ1) is 15.2. The van der Waals surface area contributed by atoms with Crippen molar-refractivity contribution in [1.82, 2.24) is 9.80 Å². The molecule has 2 nitrogen and oxygen atoms in total. The molecule has 156 valence electrons. The summed E-state index contributed by atoms with van der Waals surface area (Å²) >= 11 is 6.75. The molecule has 0 saturated heterocycles. The van der Waals surface area contributed by atoms with Crippen molar-refractivity contribution in [2.24, 2.45) is 0 Å². The zero-order chi connectivity index (χ0) is 21.2. The lowest BCUT2D eigenvalue weighted by Crippen LogP contribution is -2.30. The van der Waals surface area contributed by atoms with Crippen LogP contribution in [0.1, 0.15) is 18.1 Å². The second-order valence-electron chi connectivity index (χ2n) is 8.32. The van der Waals surface area contributed by atoms with Crippen LogP contribution in [0.15, 0.2) is 95.8 Å². The van der Waals surface area contributed by atoms with Gasteiger partial charge in [0.15, 0.2) is 0 Å². The van der Waals surface area contributed by atoms with E-state index in [4.69, 9.17) is 11.6 Å². The molecule has 0 radical (unpaired) electrons. The minimum Gasteiger partial charge on any atom is -0.355 e. The minimum atomic E-state index is 0.861. The molecule has 1 heterocycles. The van der Waals surface area contributed by atoms with Crippen molar-refractivity contribution in [2.75, 3.05) is 19.8 Å². The average Bonchev–Trinajstić information content (AvgIpc) is 3.09. The number of hydrogen-bond acceptors (Lipinski definition) is 2. The third kappa shape index (κ3) is 4.00. The number of rotatable bonds is 6. The fraction of sp³-hybridized carbons (Fsp3) is 0.214. The quantitative estimate of drug-likeness (QED) is 0.313. The molecule has 3 heteroatoms. The van der Waals surface area contributed by atoms with Crippen LogP contribution >= 0.6 is 11.6 Å². The van der Waals surface area contributed by atoms with E-state index in [2.05, 4.69) is 102 Å². The highest BCUT2D eigenvalue weighted by Crippen LogP contribution is 2.28. The Labute approximate surface area is 189 Å². The van der Waals surface area contributed by atoms with Crippen LogP contribution in [0, 0.1) is 0 Å². The van der Waals surface area contributed by atoms with Gasteiger partial charge in [0.1, 0.15) is 5.16 Å². The van der Waals surface area contributed by atoms with Gasteiger partial charge in [0, 0.05) is 18.8 Å². The van der Waals surface area contributed by atoms with Gasteiger partial charge in [-0.15, -0.1) is 0 Å². The van der Waals surface area contributed by atoms with Crippen molar-refractivity contribution < 1.29 is 0 Å². The summed E-state index contributed by atoms with van der Waals surface area (Å²) in [7, 11) is 0. The molecule has 1 aliphatic heterocycles. The van der Waals surface area contributed by atoms with Gasteiger partial charge in [0.25, 0.3) is 0 Å². The average molecular weight is 427 g/mol. The molecular formula is C28H27ClN2. The van der Waals surface area contributed by atoms with Crippen LogP contribution in [-0.4, -0.2) is 29.6 Å². The van der Waals surface area contributed by atoms with E-state index in [9.17, 15) is 0 Å². The summed E-state index contributed by atoms with van der Waals surface area (Å²) in [5.74, 6) is 0. The Morgan fingerprint density at radius 3 is 1.71 bits per heavy atom. The molecule has 1 aliphatic rings. The van der Waals surface area contributed by atoms with Gasteiger partial charge in [-0.1, -0.05) is 96.5 Å². The lowest BCUT2D eigenvalue weighted by molar-refractivity contribution is 0.256. The number of benzene rings is 4. The summed E-state index contributed by atoms with van der Waals surface area (Å²) in [6.45, 7) is 4.90. The Morgan fingerprint density at radius 2 is 1.13 bits per heavy atom. The van der Waals surface area contributed by atoms with Gasteiger partial charge < -0.3 is 9.80 Å². The fourth-order valence-electron chi connectivity index (χ4n) is 4.67. The highest BCUT2D eigenvalue weighted by Gasteiger charge is 2.24. The first-order valence-corrected chi connectivity index (χ1v) is 11.4. The highest BCUT2D eigenvalue weighted by atomic mass is 35.5. The van der Waals surface area contributed by atoms with E-state index in [1.807, 2.05) is 0 Å². The van der Waals surface area contributed by atoms with E-state index >= 15 is 0 Å². The summed E-state index contributed by atoms with van der Waals surface area (Å²) in [6.07, 6.45) is 2.00.